The highest BCUT2D eigenvalue weighted by molar-refractivity contribution is 6.10. The first kappa shape index (κ1) is 26.6. The second-order valence-electron chi connectivity index (χ2n) is 9.88. The fraction of sp³-hybridized carbons (Fsp3) is 0.393. The minimum Gasteiger partial charge on any atom is -0.439 e. The lowest BCUT2D eigenvalue weighted by molar-refractivity contribution is -0.148. The molecule has 0 radical (unpaired) electrons. The summed E-state index contributed by atoms with van der Waals surface area (Å²) in [6, 6.07) is 10.4. The summed E-state index contributed by atoms with van der Waals surface area (Å²) in [7, 11) is 0. The van der Waals surface area contributed by atoms with E-state index in [9.17, 15) is 27.6 Å². The normalized spacial score (nSPS) is 20.7. The van der Waals surface area contributed by atoms with Gasteiger partial charge in [-0.2, -0.15) is 13.2 Å². The fourth-order valence-corrected chi connectivity index (χ4v) is 5.16. The highest BCUT2D eigenvalue weighted by Gasteiger charge is 2.58. The zero-order valence-electron chi connectivity index (χ0n) is 21.1. The molecule has 39 heavy (non-hydrogen) atoms. The van der Waals surface area contributed by atoms with Gasteiger partial charge in [0.25, 0.3) is 0 Å². The van der Waals surface area contributed by atoms with Crippen LogP contribution in [0.2, 0.25) is 0 Å². The van der Waals surface area contributed by atoms with E-state index in [1.54, 1.807) is 35.2 Å². The molecule has 1 aromatic carbocycles. The van der Waals surface area contributed by atoms with E-state index in [1.165, 1.54) is 6.42 Å². The number of alkyl halides is 3. The number of Topliss-reactive ketones (excluding diaryl/α,β-unsaturated/α-hetero) is 1. The maximum absolute atomic E-state index is 13.1. The Morgan fingerprint density at radius 2 is 1.87 bits per heavy atom. The number of nitrogens with one attached hydrogen (secondary N) is 1. The van der Waals surface area contributed by atoms with Gasteiger partial charge in [0.1, 0.15) is 17.0 Å². The Labute approximate surface area is 222 Å². The number of aromatic nitrogens is 2. The third kappa shape index (κ3) is 5.57. The zero-order valence-corrected chi connectivity index (χ0v) is 21.1. The highest BCUT2D eigenvalue weighted by atomic mass is 19.4. The molecule has 0 aliphatic carbocycles. The molecule has 6 rings (SSSR count). The second-order valence-corrected chi connectivity index (χ2v) is 9.88. The van der Waals surface area contributed by atoms with Crippen molar-refractivity contribution in [2.75, 3.05) is 13.1 Å². The van der Waals surface area contributed by atoms with Crippen LogP contribution in [0.15, 0.2) is 48.7 Å². The van der Waals surface area contributed by atoms with Gasteiger partial charge in [0, 0.05) is 37.2 Å². The lowest BCUT2D eigenvalue weighted by Gasteiger charge is -2.45. The molecular formula is C28H27F3N4O4. The van der Waals surface area contributed by atoms with Gasteiger partial charge in [0.2, 0.25) is 23.5 Å². The SMILES string of the molecule is O=C1CC2(C(=O)c3ccc4cc(Oc5ccc(C(F)(F)F)cn5)ccc4n3)CCCN12.O=C1CCCCCN1. The number of hydrogen-bond donors (Lipinski definition) is 1. The maximum Gasteiger partial charge on any atom is 0.417 e. The van der Waals surface area contributed by atoms with Crippen molar-refractivity contribution in [2.24, 2.45) is 0 Å². The van der Waals surface area contributed by atoms with E-state index in [1.807, 2.05) is 0 Å². The van der Waals surface area contributed by atoms with Crippen molar-refractivity contribution in [3.05, 3.63) is 59.9 Å². The number of β-lactam (4-membered cyclic amide) rings is 1. The number of ether oxygens (including phenoxy) is 1. The minimum absolute atomic E-state index is 0.00491. The van der Waals surface area contributed by atoms with Gasteiger partial charge in [-0.1, -0.05) is 12.5 Å². The largest absolute Gasteiger partial charge is 0.439 e. The number of pyridine rings is 2. The second kappa shape index (κ2) is 10.6. The zero-order chi connectivity index (χ0) is 27.6. The molecule has 0 spiro atoms. The van der Waals surface area contributed by atoms with E-state index in [-0.39, 0.29) is 29.9 Å². The molecule has 3 aromatic rings. The Morgan fingerprint density at radius 1 is 1.03 bits per heavy atom. The summed E-state index contributed by atoms with van der Waals surface area (Å²) >= 11 is 0. The molecule has 3 saturated heterocycles. The number of carbonyl (C=O) groups is 3. The molecule has 2 amide bonds. The highest BCUT2D eigenvalue weighted by Crippen LogP contribution is 2.43. The van der Waals surface area contributed by atoms with E-state index in [4.69, 9.17) is 4.74 Å². The predicted octanol–water partition coefficient (Wildman–Crippen LogP) is 5.07. The van der Waals surface area contributed by atoms with Crippen LogP contribution in [0.1, 0.15) is 61.0 Å². The molecule has 3 aliphatic rings. The Balaban J connectivity index is 0.000000332. The van der Waals surface area contributed by atoms with Gasteiger partial charge >= 0.3 is 6.18 Å². The van der Waals surface area contributed by atoms with Crippen LogP contribution in [-0.2, 0) is 15.8 Å². The molecule has 1 N–H and O–H groups in total. The van der Waals surface area contributed by atoms with Gasteiger partial charge in [-0.15, -0.1) is 0 Å². The van der Waals surface area contributed by atoms with Crippen molar-refractivity contribution in [1.29, 1.82) is 0 Å². The maximum atomic E-state index is 13.1. The van der Waals surface area contributed by atoms with Crippen LogP contribution in [-0.4, -0.2) is 51.1 Å². The number of nitrogens with zero attached hydrogens (tertiary/aromatic N) is 3. The molecule has 11 heteroatoms. The third-order valence-electron chi connectivity index (χ3n) is 7.24. The standard InChI is InChI=1S/C22H16F3N3O3.C6H11NO/c23-22(24,25)14-3-7-18(26-12-14)31-15-4-6-16-13(10-15)2-5-17(27-16)20(30)21-8-1-9-28(21)19(29)11-21;8-6-4-2-1-3-5-7-6/h2-7,10,12H,1,8-9,11H2;1-5H2,(H,7,8). The molecule has 1 atom stereocenters. The van der Waals surface area contributed by atoms with Crippen molar-refractivity contribution in [3.63, 3.8) is 0 Å². The van der Waals surface area contributed by atoms with Crippen LogP contribution in [0, 0.1) is 0 Å². The van der Waals surface area contributed by atoms with Crippen molar-refractivity contribution < 1.29 is 32.3 Å². The molecule has 1 unspecified atom stereocenters. The summed E-state index contributed by atoms with van der Waals surface area (Å²) < 4.78 is 43.5. The Hall–Kier alpha value is -4.02. The minimum atomic E-state index is -4.46. The first-order valence-corrected chi connectivity index (χ1v) is 12.9. The number of amides is 2. The van der Waals surface area contributed by atoms with Crippen molar-refractivity contribution >= 4 is 28.5 Å². The van der Waals surface area contributed by atoms with Crippen LogP contribution in [0.5, 0.6) is 11.6 Å². The smallest absolute Gasteiger partial charge is 0.417 e. The fourth-order valence-electron chi connectivity index (χ4n) is 5.16. The number of ketones is 1. The molecule has 0 bridgehead atoms. The van der Waals surface area contributed by atoms with E-state index in [0.717, 1.165) is 44.4 Å². The van der Waals surface area contributed by atoms with Crippen LogP contribution in [0.3, 0.4) is 0 Å². The molecule has 3 aliphatic heterocycles. The summed E-state index contributed by atoms with van der Waals surface area (Å²) in [6.07, 6.45) is 2.13. The van der Waals surface area contributed by atoms with E-state index >= 15 is 0 Å². The van der Waals surface area contributed by atoms with Gasteiger partial charge in [0.05, 0.1) is 17.5 Å². The molecule has 0 saturated carbocycles. The number of fused-ring (bicyclic) bond motifs is 2. The summed E-state index contributed by atoms with van der Waals surface area (Å²) in [5, 5.41) is 3.51. The monoisotopic (exact) mass is 540 g/mol. The molecular weight excluding hydrogens is 513 g/mol. The summed E-state index contributed by atoms with van der Waals surface area (Å²) in [5.74, 6) is 0.501. The summed E-state index contributed by atoms with van der Waals surface area (Å²) in [6.45, 7) is 1.50. The number of benzene rings is 1. The predicted molar refractivity (Wildman–Crippen MR) is 135 cm³/mol. The summed E-state index contributed by atoms with van der Waals surface area (Å²) in [4.78, 5) is 45.2. The van der Waals surface area contributed by atoms with Crippen LogP contribution in [0.25, 0.3) is 10.9 Å². The first-order valence-electron chi connectivity index (χ1n) is 12.9. The Kier molecular flexibility index (Phi) is 7.24. The quantitative estimate of drug-likeness (QED) is 0.367. The lowest BCUT2D eigenvalue weighted by Crippen LogP contribution is -2.64. The molecule has 5 heterocycles. The Bertz CT molecular complexity index is 1400. The van der Waals surface area contributed by atoms with Gasteiger partial charge in [-0.3, -0.25) is 14.4 Å². The van der Waals surface area contributed by atoms with Crippen LogP contribution in [0.4, 0.5) is 13.2 Å². The van der Waals surface area contributed by atoms with Crippen LogP contribution < -0.4 is 10.1 Å². The third-order valence-corrected chi connectivity index (χ3v) is 7.24. The van der Waals surface area contributed by atoms with Gasteiger partial charge in [-0.05, 0) is 56.0 Å². The van der Waals surface area contributed by atoms with Gasteiger partial charge in [-0.25, -0.2) is 9.97 Å². The number of hydrogen-bond acceptors (Lipinski definition) is 6. The molecule has 3 fully saturated rings. The number of halogens is 3. The molecule has 204 valence electrons. The van der Waals surface area contributed by atoms with Crippen LogP contribution >= 0.6 is 0 Å². The number of carbonyl (C=O) groups excluding carboxylic acids is 3. The van der Waals surface area contributed by atoms with Gasteiger partial charge < -0.3 is 15.0 Å². The number of rotatable bonds is 4. The first-order chi connectivity index (χ1) is 18.7. The Morgan fingerprint density at radius 3 is 2.62 bits per heavy atom. The molecule has 2 aromatic heterocycles. The van der Waals surface area contributed by atoms with E-state index in [0.29, 0.717) is 41.5 Å². The average molecular weight is 541 g/mol. The van der Waals surface area contributed by atoms with Crippen molar-refractivity contribution in [1.82, 2.24) is 20.2 Å². The topological polar surface area (TPSA) is 101 Å². The van der Waals surface area contributed by atoms with Crippen molar-refractivity contribution in [2.45, 2.75) is 56.7 Å². The average Bonchev–Trinajstić information content (AvgIpc) is 3.08. The lowest BCUT2D eigenvalue weighted by atomic mass is 9.79. The van der Waals surface area contributed by atoms with Gasteiger partial charge in [0.15, 0.2) is 0 Å². The molecule has 8 nitrogen and oxygen atoms in total. The van der Waals surface area contributed by atoms with Crippen molar-refractivity contribution in [3.8, 4) is 11.6 Å². The van der Waals surface area contributed by atoms with E-state index < -0.39 is 17.3 Å². The van der Waals surface area contributed by atoms with E-state index in [2.05, 4.69) is 15.3 Å². The summed E-state index contributed by atoms with van der Waals surface area (Å²) in [5.41, 5.74) is -0.710.